The number of ether oxygens (including phenoxy) is 1. The summed E-state index contributed by atoms with van der Waals surface area (Å²) < 4.78 is 5.43. The van der Waals surface area contributed by atoms with E-state index in [2.05, 4.69) is 31.0 Å². The molecule has 0 radical (unpaired) electrons. The molecule has 2 aromatic carbocycles. The molecule has 0 saturated carbocycles. The number of hydrogen-bond acceptors (Lipinski definition) is 5. The summed E-state index contributed by atoms with van der Waals surface area (Å²) in [6.45, 7) is 6.83. The minimum absolute atomic E-state index is 0.145. The van der Waals surface area contributed by atoms with Gasteiger partial charge in [0.2, 0.25) is 0 Å². The lowest BCUT2D eigenvalue weighted by molar-refractivity contribution is -0.143. The summed E-state index contributed by atoms with van der Waals surface area (Å²) in [5, 5.41) is 20.6. The molecule has 6 nitrogen and oxygen atoms in total. The maximum absolute atomic E-state index is 12.3. The highest BCUT2D eigenvalue weighted by Gasteiger charge is 2.19. The number of phenolic OH excluding ortho intramolecular Hbond substituents is 1. The molecule has 0 saturated heterocycles. The van der Waals surface area contributed by atoms with Crippen LogP contribution in [-0.2, 0) is 16.0 Å². The van der Waals surface area contributed by atoms with Crippen molar-refractivity contribution in [3.05, 3.63) is 46.5 Å². The van der Waals surface area contributed by atoms with Gasteiger partial charge >= 0.3 is 5.97 Å². The van der Waals surface area contributed by atoms with Crippen molar-refractivity contribution in [2.75, 3.05) is 6.61 Å². The van der Waals surface area contributed by atoms with Gasteiger partial charge in [0.1, 0.15) is 22.5 Å². The molecular weight excluding hydrogens is 450 g/mol. The molecule has 1 unspecified atom stereocenters. The fourth-order valence-corrected chi connectivity index (χ4v) is 4.20. The van der Waals surface area contributed by atoms with Crippen LogP contribution in [0.2, 0.25) is 5.02 Å². The van der Waals surface area contributed by atoms with E-state index in [0.717, 1.165) is 30.4 Å². The highest BCUT2D eigenvalue weighted by Crippen LogP contribution is 2.35. The standard InChI is InChI=1S/C27H36ClN3O3/c1-4-6-7-8-9-10-16-34-25(32)15-14-20-17-21(19(3)5-2)27(33)24(18-20)31-29-23-13-11-12-22(28)26(23)30-31/h11-13,17-19,33H,4-10,14-16H2,1-3H3. The van der Waals surface area contributed by atoms with Crippen LogP contribution in [0.3, 0.4) is 0 Å². The van der Waals surface area contributed by atoms with Crippen molar-refractivity contribution in [3.63, 3.8) is 0 Å². The molecule has 3 aromatic rings. The monoisotopic (exact) mass is 485 g/mol. The van der Waals surface area contributed by atoms with E-state index < -0.39 is 0 Å². The van der Waals surface area contributed by atoms with Crippen LogP contribution in [0.4, 0.5) is 0 Å². The summed E-state index contributed by atoms with van der Waals surface area (Å²) in [5.74, 6) is 0.107. The number of esters is 1. The largest absolute Gasteiger partial charge is 0.505 e. The Kier molecular flexibility index (Phi) is 9.75. The summed E-state index contributed by atoms with van der Waals surface area (Å²) in [6, 6.07) is 9.24. The zero-order chi connectivity index (χ0) is 24.5. The van der Waals surface area contributed by atoms with Crippen LogP contribution in [0, 0.1) is 0 Å². The van der Waals surface area contributed by atoms with Crippen LogP contribution in [-0.4, -0.2) is 32.7 Å². The van der Waals surface area contributed by atoms with Crippen LogP contribution in [0.15, 0.2) is 30.3 Å². The molecule has 0 amide bonds. The van der Waals surface area contributed by atoms with Gasteiger partial charge in [0.15, 0.2) is 0 Å². The third-order valence-corrected chi connectivity index (χ3v) is 6.58. The van der Waals surface area contributed by atoms with Crippen molar-refractivity contribution in [1.29, 1.82) is 0 Å². The average molecular weight is 486 g/mol. The van der Waals surface area contributed by atoms with E-state index in [1.54, 1.807) is 6.07 Å². The third kappa shape index (κ3) is 6.72. The van der Waals surface area contributed by atoms with E-state index in [4.69, 9.17) is 16.3 Å². The Labute approximate surface area is 207 Å². The molecule has 1 atom stereocenters. The molecule has 7 heteroatoms. The van der Waals surface area contributed by atoms with Crippen molar-refractivity contribution in [3.8, 4) is 11.4 Å². The third-order valence-electron chi connectivity index (χ3n) is 6.28. The van der Waals surface area contributed by atoms with Crippen LogP contribution in [0.1, 0.15) is 89.2 Å². The second-order valence-corrected chi connectivity index (χ2v) is 9.35. The molecule has 0 aliphatic rings. The van der Waals surface area contributed by atoms with E-state index in [-0.39, 0.29) is 17.6 Å². The number of benzene rings is 2. The van der Waals surface area contributed by atoms with Crippen molar-refractivity contribution in [1.82, 2.24) is 15.0 Å². The van der Waals surface area contributed by atoms with E-state index in [9.17, 15) is 9.90 Å². The second kappa shape index (κ2) is 12.7. The Morgan fingerprint density at radius 1 is 1.12 bits per heavy atom. The lowest BCUT2D eigenvalue weighted by Gasteiger charge is -2.16. The fourth-order valence-electron chi connectivity index (χ4n) is 3.99. The SMILES string of the molecule is CCCCCCCCOC(=O)CCc1cc(C(C)CC)c(O)c(-n2nc3cccc(Cl)c3n2)c1. The Balaban J connectivity index is 1.71. The highest BCUT2D eigenvalue weighted by molar-refractivity contribution is 6.34. The molecule has 3 rings (SSSR count). The number of carbonyl (C=O) groups is 1. The van der Waals surface area contributed by atoms with Gasteiger partial charge < -0.3 is 9.84 Å². The number of halogens is 1. The summed E-state index contributed by atoms with van der Waals surface area (Å²) in [5.41, 5.74) is 3.48. The van der Waals surface area contributed by atoms with E-state index in [1.807, 2.05) is 24.3 Å². The van der Waals surface area contributed by atoms with Gasteiger partial charge in [-0.25, -0.2) is 0 Å². The molecule has 0 bridgehead atoms. The maximum Gasteiger partial charge on any atom is 0.306 e. The Morgan fingerprint density at radius 2 is 1.88 bits per heavy atom. The molecule has 0 fully saturated rings. The first-order valence-electron chi connectivity index (χ1n) is 12.5. The normalized spacial score (nSPS) is 12.2. The molecule has 0 aliphatic heterocycles. The average Bonchev–Trinajstić information content (AvgIpc) is 3.28. The summed E-state index contributed by atoms with van der Waals surface area (Å²) in [4.78, 5) is 13.7. The highest BCUT2D eigenvalue weighted by atomic mass is 35.5. The van der Waals surface area contributed by atoms with Gasteiger partial charge in [-0.1, -0.05) is 76.6 Å². The van der Waals surface area contributed by atoms with Gasteiger partial charge in [-0.2, -0.15) is 0 Å². The van der Waals surface area contributed by atoms with Crippen molar-refractivity contribution >= 4 is 28.6 Å². The first-order chi connectivity index (χ1) is 16.4. The van der Waals surface area contributed by atoms with Gasteiger partial charge in [0, 0.05) is 6.42 Å². The van der Waals surface area contributed by atoms with Crippen LogP contribution in [0.5, 0.6) is 5.75 Å². The lowest BCUT2D eigenvalue weighted by Crippen LogP contribution is -2.08. The predicted molar refractivity (Wildman–Crippen MR) is 137 cm³/mol. The van der Waals surface area contributed by atoms with E-state index >= 15 is 0 Å². The van der Waals surface area contributed by atoms with Crippen molar-refractivity contribution in [2.24, 2.45) is 0 Å². The second-order valence-electron chi connectivity index (χ2n) is 8.95. The fraction of sp³-hybridized carbons (Fsp3) is 0.519. The quantitative estimate of drug-likeness (QED) is 0.206. The number of aryl methyl sites for hydroxylation is 1. The minimum Gasteiger partial charge on any atom is -0.505 e. The number of aromatic hydroxyl groups is 1. The number of nitrogens with zero attached hydrogens (tertiary/aromatic N) is 3. The van der Waals surface area contributed by atoms with Crippen LogP contribution in [0.25, 0.3) is 16.7 Å². The van der Waals surface area contributed by atoms with Crippen molar-refractivity contribution < 1.29 is 14.6 Å². The number of phenols is 1. The number of rotatable bonds is 13. The van der Waals surface area contributed by atoms with Gasteiger partial charge in [-0.3, -0.25) is 4.79 Å². The minimum atomic E-state index is -0.192. The summed E-state index contributed by atoms with van der Waals surface area (Å²) in [6.07, 6.45) is 8.64. The first kappa shape index (κ1) is 26.0. The molecule has 1 heterocycles. The van der Waals surface area contributed by atoms with E-state index in [0.29, 0.717) is 41.2 Å². The first-order valence-corrected chi connectivity index (χ1v) is 12.9. The number of aromatic nitrogens is 3. The van der Waals surface area contributed by atoms with Crippen molar-refractivity contribution in [2.45, 2.75) is 84.5 Å². The Morgan fingerprint density at radius 3 is 2.62 bits per heavy atom. The van der Waals surface area contributed by atoms with Crippen LogP contribution >= 0.6 is 11.6 Å². The zero-order valence-electron chi connectivity index (χ0n) is 20.5. The summed E-state index contributed by atoms with van der Waals surface area (Å²) in [7, 11) is 0. The molecule has 184 valence electrons. The molecule has 34 heavy (non-hydrogen) atoms. The van der Waals surface area contributed by atoms with Crippen LogP contribution < -0.4 is 0 Å². The molecule has 0 spiro atoms. The Bertz CT molecular complexity index is 1100. The predicted octanol–water partition coefficient (Wildman–Crippen LogP) is 7.13. The van der Waals surface area contributed by atoms with E-state index in [1.165, 1.54) is 30.5 Å². The van der Waals surface area contributed by atoms with Gasteiger partial charge in [-0.15, -0.1) is 15.0 Å². The topological polar surface area (TPSA) is 77.2 Å². The van der Waals surface area contributed by atoms with Gasteiger partial charge in [-0.05, 0) is 54.5 Å². The number of fused-ring (bicyclic) bond motifs is 1. The van der Waals surface area contributed by atoms with Gasteiger partial charge in [0.05, 0.1) is 11.6 Å². The lowest BCUT2D eigenvalue weighted by atomic mass is 9.93. The zero-order valence-corrected chi connectivity index (χ0v) is 21.3. The Hall–Kier alpha value is -2.60. The van der Waals surface area contributed by atoms with Gasteiger partial charge in [0.25, 0.3) is 0 Å². The number of unbranched alkanes of at least 4 members (excludes halogenated alkanes) is 5. The number of carbonyl (C=O) groups excluding carboxylic acids is 1. The molecule has 0 aliphatic carbocycles. The smallest absolute Gasteiger partial charge is 0.306 e. The summed E-state index contributed by atoms with van der Waals surface area (Å²) >= 11 is 6.27. The molecular formula is C27H36ClN3O3. The maximum atomic E-state index is 12.3. The molecule has 1 aromatic heterocycles. The number of hydrogen-bond donors (Lipinski definition) is 1. The molecule has 1 N–H and O–H groups in total.